The minimum atomic E-state index is -4.04. The van der Waals surface area contributed by atoms with Crippen molar-refractivity contribution in [3.63, 3.8) is 0 Å². The second-order valence-corrected chi connectivity index (χ2v) is 2.46. The molecule has 0 saturated heterocycles. The van der Waals surface area contributed by atoms with Gasteiger partial charge in [0.05, 0.1) is 15.9 Å². The molecule has 9 heavy (non-hydrogen) atoms. The van der Waals surface area contributed by atoms with Crippen LogP contribution in [0.25, 0.3) is 0 Å². The maximum Gasteiger partial charge on any atom is 1.00 e. The van der Waals surface area contributed by atoms with Crippen LogP contribution in [0.5, 0.6) is 0 Å². The molecule has 3 nitrogen and oxygen atoms in total. The van der Waals surface area contributed by atoms with Gasteiger partial charge in [-0.2, -0.15) is 0 Å². The van der Waals surface area contributed by atoms with Gasteiger partial charge in [0.15, 0.2) is 0 Å². The maximum absolute atomic E-state index is 9.60. The maximum atomic E-state index is 9.60. The Morgan fingerprint density at radius 3 is 1.89 bits per heavy atom. The third-order valence-corrected chi connectivity index (χ3v) is 0.966. The molecule has 0 spiro atoms. The van der Waals surface area contributed by atoms with Crippen LogP contribution in [0.4, 0.5) is 4.70 Å². The molecule has 0 amide bonds. The predicted molar refractivity (Wildman–Crippen MR) is 27.3 cm³/mol. The molecule has 0 rings (SSSR count). The van der Waals surface area contributed by atoms with Crippen molar-refractivity contribution in [1.29, 1.82) is 0 Å². The number of hydrogen-bond acceptors (Lipinski definition) is 3. The first-order valence-electron chi connectivity index (χ1n) is 1.61. The molecule has 0 unspecified atom stereocenters. The molecule has 0 aromatic heterocycles. The van der Waals surface area contributed by atoms with E-state index in [2.05, 4.69) is 6.58 Å². The molecule has 0 aliphatic heterocycles. The first kappa shape index (κ1) is 16.7. The third-order valence-electron chi connectivity index (χ3n) is 0.322. The molecule has 0 heterocycles. The molecule has 0 aromatic rings. The van der Waals surface area contributed by atoms with Crippen molar-refractivity contribution < 1.29 is 69.1 Å². The van der Waals surface area contributed by atoms with Gasteiger partial charge >= 0.3 is 51.4 Å². The van der Waals surface area contributed by atoms with E-state index in [0.29, 0.717) is 0 Å². The van der Waals surface area contributed by atoms with Crippen molar-refractivity contribution in [3.05, 3.63) is 12.7 Å². The Kier molecular flexibility index (Phi) is 13.6. The topological polar surface area (TPSA) is 57.2 Å². The van der Waals surface area contributed by atoms with Crippen molar-refractivity contribution in [3.8, 4) is 0 Å². The van der Waals surface area contributed by atoms with Gasteiger partial charge in [0.25, 0.3) is 0 Å². The van der Waals surface area contributed by atoms with Crippen LogP contribution in [0, 0.1) is 0 Å². The number of hydrogen-bond donors (Lipinski definition) is 0. The van der Waals surface area contributed by atoms with Crippen molar-refractivity contribution in [1.82, 2.24) is 0 Å². The van der Waals surface area contributed by atoms with Crippen molar-refractivity contribution in [2.24, 2.45) is 0 Å². The van der Waals surface area contributed by atoms with Gasteiger partial charge in [-0.25, -0.2) is 8.42 Å². The third kappa shape index (κ3) is 17.6. The van der Waals surface area contributed by atoms with Crippen LogP contribution in [0.1, 0.15) is 0 Å². The molecule has 0 N–H and O–H groups in total. The molecular formula is C3H6FKO3S. The zero-order valence-corrected chi connectivity index (χ0v) is 8.97. The summed E-state index contributed by atoms with van der Waals surface area (Å²) in [5.41, 5.74) is 0. The fourth-order valence-corrected chi connectivity index (χ4v) is 0.433. The molecule has 0 aliphatic rings. The van der Waals surface area contributed by atoms with E-state index >= 15 is 0 Å². The summed E-state index contributed by atoms with van der Waals surface area (Å²) in [7, 11) is -4.04. The molecule has 0 radical (unpaired) electrons. The summed E-state index contributed by atoms with van der Waals surface area (Å²) in [5, 5.41) is 0. The Bertz CT molecular complexity index is 152. The van der Waals surface area contributed by atoms with Crippen LogP contribution in [0.2, 0.25) is 0 Å². The Balaban J connectivity index is -0.000000180. The number of rotatable bonds is 2. The monoisotopic (exact) mass is 180 g/mol. The van der Waals surface area contributed by atoms with E-state index in [1.165, 1.54) is 0 Å². The number of halogens is 1. The molecule has 6 heteroatoms. The Morgan fingerprint density at radius 2 is 1.89 bits per heavy atom. The molecule has 0 fully saturated rings. The Morgan fingerprint density at radius 1 is 1.56 bits per heavy atom. The summed E-state index contributed by atoms with van der Waals surface area (Å²) in [6.45, 7) is 3.07. The zero-order chi connectivity index (χ0) is 5.91. The van der Waals surface area contributed by atoms with E-state index in [0.717, 1.165) is 6.08 Å². The van der Waals surface area contributed by atoms with Crippen molar-refractivity contribution in [2.45, 2.75) is 0 Å². The largest absolute Gasteiger partial charge is 1.00 e. The van der Waals surface area contributed by atoms with Gasteiger partial charge in [-0.3, -0.25) is 4.70 Å². The van der Waals surface area contributed by atoms with E-state index in [-0.39, 0.29) is 56.1 Å². The van der Waals surface area contributed by atoms with E-state index in [4.69, 9.17) is 0 Å². The Labute approximate surface area is 96.1 Å². The van der Waals surface area contributed by atoms with Crippen molar-refractivity contribution in [2.75, 3.05) is 5.75 Å². The van der Waals surface area contributed by atoms with Crippen LogP contribution in [-0.4, -0.2) is 18.7 Å². The fourth-order valence-electron chi connectivity index (χ4n) is 0.144. The normalized spacial score (nSPS) is 8.56. The van der Waals surface area contributed by atoms with Crippen LogP contribution < -0.4 is 51.4 Å². The van der Waals surface area contributed by atoms with Gasteiger partial charge in [0.2, 0.25) is 0 Å². The minimum absolute atomic E-state index is 0. The molecule has 0 saturated carbocycles. The van der Waals surface area contributed by atoms with Crippen LogP contribution >= 0.6 is 0 Å². The second kappa shape index (κ2) is 7.32. The van der Waals surface area contributed by atoms with Gasteiger partial charge in [-0.1, -0.05) is 6.08 Å². The molecule has 0 bridgehead atoms. The molecule has 0 atom stereocenters. The van der Waals surface area contributed by atoms with E-state index in [1.807, 2.05) is 0 Å². The zero-order valence-electron chi connectivity index (χ0n) is 5.03. The summed E-state index contributed by atoms with van der Waals surface area (Å²) in [5.74, 6) is -0.479. The summed E-state index contributed by atoms with van der Waals surface area (Å²) in [6.07, 6.45) is 1.06. The van der Waals surface area contributed by atoms with Crippen LogP contribution in [0.3, 0.4) is 0 Å². The first-order valence-corrected chi connectivity index (χ1v) is 3.18. The van der Waals surface area contributed by atoms with E-state index < -0.39 is 15.9 Å². The summed E-state index contributed by atoms with van der Waals surface area (Å²) in [6, 6.07) is 0. The standard InChI is InChI=1S/C3H6O3S.FH.K/c1-2-3-7(4,5)6;;/h2H,1,3H2,(H,4,5,6);1H;/q;;+1/p-1. The van der Waals surface area contributed by atoms with Gasteiger partial charge in [0, 0.05) is 0 Å². The summed E-state index contributed by atoms with van der Waals surface area (Å²) >= 11 is 0. The Hall–Kier alpha value is 1.22. The van der Waals surface area contributed by atoms with Gasteiger partial charge in [-0.05, 0) is 0 Å². The average Bonchev–Trinajstić information content (AvgIpc) is 1.30. The van der Waals surface area contributed by atoms with E-state index in [1.54, 1.807) is 0 Å². The summed E-state index contributed by atoms with van der Waals surface area (Å²) in [4.78, 5) is 0. The summed E-state index contributed by atoms with van der Waals surface area (Å²) < 4.78 is 28.8. The second-order valence-electron chi connectivity index (χ2n) is 1.01. The quantitative estimate of drug-likeness (QED) is 0.256. The van der Waals surface area contributed by atoms with Gasteiger partial charge in [-0.15, -0.1) is 6.58 Å². The van der Waals surface area contributed by atoms with Crippen LogP contribution in [-0.2, 0) is 10.1 Å². The van der Waals surface area contributed by atoms with Crippen molar-refractivity contribution >= 4 is 10.1 Å². The van der Waals surface area contributed by atoms with Gasteiger partial charge < -0.3 is 4.55 Å². The predicted octanol–water partition coefficient (Wildman–Crippen LogP) is -3.13. The molecule has 50 valence electrons. The fraction of sp³-hybridized carbons (Fsp3) is 0.333. The SMILES string of the molecule is C=CCS(=O)(=O)[O-].F.[K+]. The van der Waals surface area contributed by atoms with Crippen LogP contribution in [0.15, 0.2) is 12.7 Å². The molecule has 0 aromatic carbocycles. The van der Waals surface area contributed by atoms with E-state index in [9.17, 15) is 13.0 Å². The van der Waals surface area contributed by atoms with Gasteiger partial charge in [0.1, 0.15) is 0 Å². The first-order chi connectivity index (χ1) is 3.06. The smallest absolute Gasteiger partial charge is 0.748 e. The minimum Gasteiger partial charge on any atom is -0.748 e. The average molecular weight is 180 g/mol. The molecular weight excluding hydrogens is 174 g/mol. The molecule has 0 aliphatic carbocycles.